The molecule has 0 aromatic heterocycles. The van der Waals surface area contributed by atoms with Gasteiger partial charge in [-0.2, -0.15) is 0 Å². The first-order valence-corrected chi connectivity index (χ1v) is 5.71. The first-order valence-electron chi connectivity index (χ1n) is 5.71. The van der Waals surface area contributed by atoms with E-state index in [2.05, 4.69) is 5.32 Å². The van der Waals surface area contributed by atoms with Gasteiger partial charge in [-0.3, -0.25) is 4.79 Å². The quantitative estimate of drug-likeness (QED) is 0.807. The van der Waals surface area contributed by atoms with Crippen molar-refractivity contribution >= 4 is 5.97 Å². The lowest BCUT2D eigenvalue weighted by molar-refractivity contribution is -0.145. The molecular formula is C13H17NO3. The summed E-state index contributed by atoms with van der Waals surface area (Å²) in [6, 6.07) is 7.81. The number of carbonyl (C=O) groups is 1. The highest BCUT2D eigenvalue weighted by Crippen LogP contribution is 2.31. The Bertz CT molecular complexity index is 405. The zero-order chi connectivity index (χ0) is 12.3. The monoisotopic (exact) mass is 235 g/mol. The molecule has 1 heterocycles. The molecule has 92 valence electrons. The molecule has 0 bridgehead atoms. The van der Waals surface area contributed by atoms with Crippen LogP contribution in [0.4, 0.5) is 0 Å². The minimum Gasteiger partial charge on any atom is -0.497 e. The molecule has 0 spiro atoms. The number of rotatable bonds is 3. The average Bonchev–Trinajstić information content (AvgIpc) is 2.87. The highest BCUT2D eigenvalue weighted by Gasteiger charge is 2.34. The van der Waals surface area contributed by atoms with Crippen LogP contribution in [-0.2, 0) is 9.53 Å². The van der Waals surface area contributed by atoms with Crippen LogP contribution in [-0.4, -0.2) is 26.7 Å². The van der Waals surface area contributed by atoms with Gasteiger partial charge in [0.2, 0.25) is 0 Å². The molecule has 0 unspecified atom stereocenters. The summed E-state index contributed by atoms with van der Waals surface area (Å²) in [5.74, 6) is 0.551. The predicted molar refractivity (Wildman–Crippen MR) is 63.9 cm³/mol. The molecule has 4 nitrogen and oxygen atoms in total. The number of methoxy groups -OCH3 is 2. The van der Waals surface area contributed by atoms with Gasteiger partial charge in [0.25, 0.3) is 0 Å². The number of carbonyl (C=O) groups excluding carboxylic acids is 1. The van der Waals surface area contributed by atoms with Gasteiger partial charge in [-0.1, -0.05) is 12.1 Å². The van der Waals surface area contributed by atoms with Crippen molar-refractivity contribution in [3.05, 3.63) is 29.8 Å². The van der Waals surface area contributed by atoms with Crippen molar-refractivity contribution in [3.63, 3.8) is 0 Å². The van der Waals surface area contributed by atoms with E-state index in [-0.39, 0.29) is 17.9 Å². The molecule has 1 aliphatic rings. The lowest BCUT2D eigenvalue weighted by Gasteiger charge is -2.18. The molecule has 0 saturated carbocycles. The Balaban J connectivity index is 2.22. The lowest BCUT2D eigenvalue weighted by Crippen LogP contribution is -2.24. The highest BCUT2D eigenvalue weighted by molar-refractivity contribution is 5.74. The fourth-order valence-electron chi connectivity index (χ4n) is 2.29. The number of nitrogens with one attached hydrogen (secondary N) is 1. The summed E-state index contributed by atoms with van der Waals surface area (Å²) in [6.07, 6.45) is 0.814. The third kappa shape index (κ3) is 2.42. The second-order valence-electron chi connectivity index (χ2n) is 4.13. The zero-order valence-corrected chi connectivity index (χ0v) is 10.1. The van der Waals surface area contributed by atoms with Crippen LogP contribution in [0.25, 0.3) is 0 Å². The van der Waals surface area contributed by atoms with E-state index in [1.54, 1.807) is 7.11 Å². The van der Waals surface area contributed by atoms with Gasteiger partial charge in [0.1, 0.15) is 5.75 Å². The number of esters is 1. The van der Waals surface area contributed by atoms with Crippen molar-refractivity contribution in [1.29, 1.82) is 0 Å². The maximum Gasteiger partial charge on any atom is 0.310 e. The molecule has 1 fully saturated rings. The summed E-state index contributed by atoms with van der Waals surface area (Å²) in [5.41, 5.74) is 1.07. The summed E-state index contributed by atoms with van der Waals surface area (Å²) in [4.78, 5) is 11.7. The van der Waals surface area contributed by atoms with Crippen LogP contribution in [0.1, 0.15) is 18.0 Å². The molecule has 0 aliphatic carbocycles. The summed E-state index contributed by atoms with van der Waals surface area (Å²) < 4.78 is 10.0. The first kappa shape index (κ1) is 11.9. The molecule has 1 N–H and O–H groups in total. The molecule has 2 atom stereocenters. The van der Waals surface area contributed by atoms with Crippen molar-refractivity contribution in [3.8, 4) is 5.75 Å². The maximum absolute atomic E-state index is 11.7. The third-order valence-electron chi connectivity index (χ3n) is 3.18. The molecule has 1 aromatic rings. The van der Waals surface area contributed by atoms with E-state index in [1.165, 1.54) is 7.11 Å². The van der Waals surface area contributed by atoms with E-state index in [9.17, 15) is 4.79 Å². The van der Waals surface area contributed by atoms with E-state index < -0.39 is 0 Å². The number of ether oxygens (including phenoxy) is 2. The molecule has 2 rings (SSSR count). The van der Waals surface area contributed by atoms with Crippen molar-refractivity contribution in [2.24, 2.45) is 5.92 Å². The van der Waals surface area contributed by atoms with Gasteiger partial charge in [-0.15, -0.1) is 0 Å². The molecule has 0 radical (unpaired) electrons. The minimum atomic E-state index is -0.150. The normalized spacial score (nSPS) is 23.4. The van der Waals surface area contributed by atoms with Crippen molar-refractivity contribution < 1.29 is 14.3 Å². The number of hydrogen-bond donors (Lipinski definition) is 1. The fraction of sp³-hybridized carbons (Fsp3) is 0.462. The van der Waals surface area contributed by atoms with Crippen LogP contribution >= 0.6 is 0 Å². The Morgan fingerprint density at radius 3 is 2.94 bits per heavy atom. The highest BCUT2D eigenvalue weighted by atomic mass is 16.5. The average molecular weight is 235 g/mol. The smallest absolute Gasteiger partial charge is 0.310 e. The third-order valence-corrected chi connectivity index (χ3v) is 3.18. The maximum atomic E-state index is 11.7. The molecule has 4 heteroatoms. The molecule has 1 saturated heterocycles. The van der Waals surface area contributed by atoms with Gasteiger partial charge in [0, 0.05) is 6.04 Å². The second kappa shape index (κ2) is 5.19. The summed E-state index contributed by atoms with van der Waals surface area (Å²) >= 11 is 0. The Morgan fingerprint density at radius 1 is 1.41 bits per heavy atom. The van der Waals surface area contributed by atoms with Gasteiger partial charge in [0.05, 0.1) is 20.1 Å². The van der Waals surface area contributed by atoms with Gasteiger partial charge in [-0.25, -0.2) is 0 Å². The van der Waals surface area contributed by atoms with Crippen LogP contribution in [0, 0.1) is 5.92 Å². The Morgan fingerprint density at radius 2 is 2.24 bits per heavy atom. The molecule has 0 amide bonds. The van der Waals surface area contributed by atoms with Crippen LogP contribution in [0.5, 0.6) is 5.75 Å². The fourth-order valence-corrected chi connectivity index (χ4v) is 2.29. The van der Waals surface area contributed by atoms with E-state index in [4.69, 9.17) is 9.47 Å². The topological polar surface area (TPSA) is 47.6 Å². The van der Waals surface area contributed by atoms with E-state index in [0.717, 1.165) is 24.3 Å². The summed E-state index contributed by atoms with van der Waals surface area (Å²) in [5, 5.41) is 3.33. The largest absolute Gasteiger partial charge is 0.497 e. The molecular weight excluding hydrogens is 218 g/mol. The van der Waals surface area contributed by atoms with Crippen LogP contribution < -0.4 is 10.1 Å². The van der Waals surface area contributed by atoms with Crippen molar-refractivity contribution in [2.75, 3.05) is 20.8 Å². The molecule has 17 heavy (non-hydrogen) atoms. The predicted octanol–water partition coefficient (Wildman–Crippen LogP) is 1.52. The van der Waals surface area contributed by atoms with E-state index in [0.29, 0.717) is 0 Å². The molecule has 1 aromatic carbocycles. The Hall–Kier alpha value is -1.55. The zero-order valence-electron chi connectivity index (χ0n) is 10.1. The first-order chi connectivity index (χ1) is 8.26. The summed E-state index contributed by atoms with van der Waals surface area (Å²) in [7, 11) is 3.07. The van der Waals surface area contributed by atoms with E-state index >= 15 is 0 Å². The van der Waals surface area contributed by atoms with Gasteiger partial charge in [-0.05, 0) is 30.7 Å². The Labute approximate surface area is 101 Å². The van der Waals surface area contributed by atoms with Crippen LogP contribution in [0.2, 0.25) is 0 Å². The van der Waals surface area contributed by atoms with Crippen molar-refractivity contribution in [2.45, 2.75) is 12.5 Å². The van der Waals surface area contributed by atoms with Gasteiger partial charge in [0.15, 0.2) is 0 Å². The lowest BCUT2D eigenvalue weighted by atomic mass is 9.94. The van der Waals surface area contributed by atoms with E-state index in [1.807, 2.05) is 24.3 Å². The Kier molecular flexibility index (Phi) is 3.64. The van der Waals surface area contributed by atoms with Gasteiger partial charge < -0.3 is 14.8 Å². The SMILES string of the molecule is COC(=O)[C@H]1CCN[C@H]1c1cccc(OC)c1. The molecule has 1 aliphatic heterocycles. The number of benzene rings is 1. The number of hydrogen-bond acceptors (Lipinski definition) is 4. The van der Waals surface area contributed by atoms with Crippen molar-refractivity contribution in [1.82, 2.24) is 5.32 Å². The van der Waals surface area contributed by atoms with Crippen LogP contribution in [0.15, 0.2) is 24.3 Å². The standard InChI is InChI=1S/C13H17NO3/c1-16-10-5-3-4-9(8-10)12-11(6-7-14-12)13(15)17-2/h3-5,8,11-12,14H,6-7H2,1-2H3/t11-,12-/m0/s1. The van der Waals surface area contributed by atoms with Crippen LogP contribution in [0.3, 0.4) is 0 Å². The van der Waals surface area contributed by atoms with Gasteiger partial charge >= 0.3 is 5.97 Å². The second-order valence-corrected chi connectivity index (χ2v) is 4.13. The minimum absolute atomic E-state index is 0.0255. The summed E-state index contributed by atoms with van der Waals surface area (Å²) in [6.45, 7) is 0.835.